The van der Waals surface area contributed by atoms with Crippen LogP contribution in [0.2, 0.25) is 10.0 Å². The van der Waals surface area contributed by atoms with Crippen molar-refractivity contribution < 1.29 is 9.53 Å². The molecule has 1 aliphatic heterocycles. The fourth-order valence-electron chi connectivity index (χ4n) is 3.76. The molecule has 142 valence electrons. The number of esters is 1. The van der Waals surface area contributed by atoms with Crippen LogP contribution in [0.15, 0.2) is 35.8 Å². The smallest absolute Gasteiger partial charge is 0.338 e. The standard InChI is InChI=1S/C19H20Cl2N4O2/c1-11-16(18(26)27-13-5-3-2-4-6-13)17(25-19(24-11)22-10-23-25)14-8-7-12(20)9-15(14)21/h7-10,13,17H,2-6H2,1H3,(H,22,23,24)/t17-/m1/s1. The predicted molar refractivity (Wildman–Crippen MR) is 104 cm³/mol. The second-order valence-electron chi connectivity index (χ2n) is 6.93. The lowest BCUT2D eigenvalue weighted by molar-refractivity contribution is -0.146. The first kappa shape index (κ1) is 18.3. The zero-order valence-corrected chi connectivity index (χ0v) is 16.4. The maximum atomic E-state index is 13.1. The van der Waals surface area contributed by atoms with Crippen molar-refractivity contribution in [2.75, 3.05) is 5.32 Å². The van der Waals surface area contributed by atoms with Crippen molar-refractivity contribution in [2.45, 2.75) is 51.2 Å². The van der Waals surface area contributed by atoms with E-state index in [2.05, 4.69) is 15.4 Å². The molecule has 0 spiro atoms. The summed E-state index contributed by atoms with van der Waals surface area (Å²) in [5, 5.41) is 8.43. The third-order valence-electron chi connectivity index (χ3n) is 5.10. The molecule has 0 radical (unpaired) electrons. The highest BCUT2D eigenvalue weighted by Gasteiger charge is 2.36. The summed E-state index contributed by atoms with van der Waals surface area (Å²) in [6.07, 6.45) is 6.61. The van der Waals surface area contributed by atoms with Crippen LogP contribution >= 0.6 is 23.2 Å². The minimum absolute atomic E-state index is 0.0370. The molecule has 2 aliphatic rings. The summed E-state index contributed by atoms with van der Waals surface area (Å²) in [6.45, 7) is 1.84. The summed E-state index contributed by atoms with van der Waals surface area (Å²) in [5.41, 5.74) is 1.90. The van der Waals surface area contributed by atoms with Crippen molar-refractivity contribution >= 4 is 35.1 Å². The van der Waals surface area contributed by atoms with Gasteiger partial charge >= 0.3 is 5.97 Å². The van der Waals surface area contributed by atoms with Crippen LogP contribution in [0.3, 0.4) is 0 Å². The number of fused-ring (bicyclic) bond motifs is 1. The molecule has 4 rings (SSSR count). The molecule has 0 unspecified atom stereocenters. The number of nitrogens with zero attached hydrogens (tertiary/aromatic N) is 3. The molecule has 1 aromatic carbocycles. The summed E-state index contributed by atoms with van der Waals surface area (Å²) in [6, 6.07) is 4.70. The van der Waals surface area contributed by atoms with E-state index in [1.54, 1.807) is 16.8 Å². The number of carbonyl (C=O) groups excluding carboxylic acids is 1. The summed E-state index contributed by atoms with van der Waals surface area (Å²) in [4.78, 5) is 17.3. The van der Waals surface area contributed by atoms with Crippen molar-refractivity contribution in [3.8, 4) is 0 Å². The minimum Gasteiger partial charge on any atom is -0.459 e. The van der Waals surface area contributed by atoms with Gasteiger partial charge in [-0.05, 0) is 44.7 Å². The van der Waals surface area contributed by atoms with Gasteiger partial charge in [0.2, 0.25) is 5.95 Å². The van der Waals surface area contributed by atoms with Gasteiger partial charge in [0.25, 0.3) is 0 Å². The van der Waals surface area contributed by atoms with Gasteiger partial charge in [-0.2, -0.15) is 10.1 Å². The number of aromatic nitrogens is 3. The molecule has 0 bridgehead atoms. The Morgan fingerprint density at radius 3 is 2.78 bits per heavy atom. The van der Waals surface area contributed by atoms with Crippen molar-refractivity contribution in [2.24, 2.45) is 0 Å². The number of nitrogens with one attached hydrogen (secondary N) is 1. The molecular weight excluding hydrogens is 387 g/mol. The Morgan fingerprint density at radius 2 is 2.04 bits per heavy atom. The highest BCUT2D eigenvalue weighted by atomic mass is 35.5. The second kappa shape index (κ2) is 7.52. The van der Waals surface area contributed by atoms with Crippen molar-refractivity contribution in [1.29, 1.82) is 0 Å². The van der Waals surface area contributed by atoms with Gasteiger partial charge in [0, 0.05) is 21.3 Å². The molecule has 2 heterocycles. The third-order valence-corrected chi connectivity index (χ3v) is 5.66. The SMILES string of the molecule is CC1=C(C(=O)OC2CCCCC2)[C@@H](c2ccc(Cl)cc2Cl)n2ncnc2N1. The van der Waals surface area contributed by atoms with Crippen LogP contribution in [0.4, 0.5) is 5.95 Å². The topological polar surface area (TPSA) is 69.0 Å². The molecule has 27 heavy (non-hydrogen) atoms. The first-order valence-electron chi connectivity index (χ1n) is 9.08. The van der Waals surface area contributed by atoms with Crippen LogP contribution in [-0.4, -0.2) is 26.8 Å². The van der Waals surface area contributed by atoms with E-state index in [1.165, 1.54) is 12.7 Å². The van der Waals surface area contributed by atoms with Gasteiger partial charge in [0.05, 0.1) is 5.57 Å². The van der Waals surface area contributed by atoms with Crippen LogP contribution in [-0.2, 0) is 9.53 Å². The Kier molecular flexibility index (Phi) is 5.10. The molecule has 1 aromatic heterocycles. The van der Waals surface area contributed by atoms with E-state index in [-0.39, 0.29) is 12.1 Å². The zero-order valence-electron chi connectivity index (χ0n) is 14.9. The van der Waals surface area contributed by atoms with Gasteiger partial charge in [-0.1, -0.05) is 35.7 Å². The van der Waals surface area contributed by atoms with Crippen molar-refractivity contribution in [3.05, 3.63) is 51.4 Å². The van der Waals surface area contributed by atoms with Gasteiger partial charge in [-0.25, -0.2) is 9.48 Å². The van der Waals surface area contributed by atoms with Crippen molar-refractivity contribution in [1.82, 2.24) is 14.8 Å². The maximum absolute atomic E-state index is 13.1. The Balaban J connectivity index is 1.73. The van der Waals surface area contributed by atoms with Crippen LogP contribution in [0.5, 0.6) is 0 Å². The monoisotopic (exact) mass is 406 g/mol. The summed E-state index contributed by atoms with van der Waals surface area (Å²) < 4.78 is 7.49. The molecule has 0 amide bonds. The lowest BCUT2D eigenvalue weighted by Gasteiger charge is -2.30. The van der Waals surface area contributed by atoms with Gasteiger partial charge in [0.1, 0.15) is 18.5 Å². The fraction of sp³-hybridized carbons (Fsp3) is 0.421. The van der Waals surface area contributed by atoms with Gasteiger partial charge < -0.3 is 10.1 Å². The van der Waals surface area contributed by atoms with Crippen molar-refractivity contribution in [3.63, 3.8) is 0 Å². The number of allylic oxidation sites excluding steroid dienone is 1. The lowest BCUT2D eigenvalue weighted by atomic mass is 9.95. The molecule has 6 nitrogen and oxygen atoms in total. The number of carbonyl (C=O) groups is 1. The highest BCUT2D eigenvalue weighted by Crippen LogP contribution is 2.39. The van der Waals surface area contributed by atoms with Crippen LogP contribution < -0.4 is 5.32 Å². The second-order valence-corrected chi connectivity index (χ2v) is 7.77. The fourth-order valence-corrected chi connectivity index (χ4v) is 4.28. The number of benzene rings is 1. The number of hydrogen-bond donors (Lipinski definition) is 1. The van der Waals surface area contributed by atoms with Gasteiger partial charge in [-0.3, -0.25) is 0 Å². The van der Waals surface area contributed by atoms with E-state index in [0.29, 0.717) is 27.3 Å². The van der Waals surface area contributed by atoms with Gasteiger partial charge in [0.15, 0.2) is 0 Å². The molecule has 1 fully saturated rings. The number of rotatable bonds is 3. The average molecular weight is 407 g/mol. The van der Waals surface area contributed by atoms with Crippen LogP contribution in [0.1, 0.15) is 50.6 Å². The first-order valence-corrected chi connectivity index (χ1v) is 9.83. The molecule has 2 aromatic rings. The number of anilines is 1. The van der Waals surface area contributed by atoms with E-state index in [9.17, 15) is 4.79 Å². The summed E-state index contributed by atoms with van der Waals surface area (Å²) in [5.74, 6) is 0.210. The highest BCUT2D eigenvalue weighted by molar-refractivity contribution is 6.35. The first-order chi connectivity index (χ1) is 13.0. The van der Waals surface area contributed by atoms with Gasteiger partial charge in [-0.15, -0.1) is 0 Å². The molecule has 8 heteroatoms. The summed E-state index contributed by atoms with van der Waals surface area (Å²) >= 11 is 12.5. The molecular formula is C19H20Cl2N4O2. The summed E-state index contributed by atoms with van der Waals surface area (Å²) in [7, 11) is 0. The largest absolute Gasteiger partial charge is 0.459 e. The normalized spacial score (nSPS) is 20.2. The molecule has 1 N–H and O–H groups in total. The quantitative estimate of drug-likeness (QED) is 0.744. The lowest BCUT2D eigenvalue weighted by Crippen LogP contribution is -2.32. The Hall–Kier alpha value is -2.05. The number of ether oxygens (including phenoxy) is 1. The molecule has 0 saturated heterocycles. The molecule has 1 aliphatic carbocycles. The Morgan fingerprint density at radius 1 is 1.26 bits per heavy atom. The third kappa shape index (κ3) is 3.56. The molecule has 1 atom stereocenters. The Bertz CT molecular complexity index is 903. The Labute approximate surface area is 167 Å². The van der Waals surface area contributed by atoms with E-state index >= 15 is 0 Å². The average Bonchev–Trinajstić information content (AvgIpc) is 3.09. The number of halogens is 2. The predicted octanol–water partition coefficient (Wildman–Crippen LogP) is 4.75. The zero-order chi connectivity index (χ0) is 19.0. The van der Waals surface area contributed by atoms with Crippen LogP contribution in [0.25, 0.3) is 0 Å². The van der Waals surface area contributed by atoms with E-state index < -0.39 is 6.04 Å². The number of hydrogen-bond acceptors (Lipinski definition) is 5. The van der Waals surface area contributed by atoms with E-state index in [1.807, 2.05) is 13.0 Å². The maximum Gasteiger partial charge on any atom is 0.338 e. The van der Waals surface area contributed by atoms with E-state index in [0.717, 1.165) is 31.2 Å². The minimum atomic E-state index is -0.524. The van der Waals surface area contributed by atoms with Crippen LogP contribution in [0, 0.1) is 0 Å². The van der Waals surface area contributed by atoms with E-state index in [4.69, 9.17) is 27.9 Å². The molecule has 1 saturated carbocycles.